The second-order valence-corrected chi connectivity index (χ2v) is 9.38. The quantitative estimate of drug-likeness (QED) is 0.344. The molecular formula is C16H21F6O7S-. The van der Waals surface area contributed by atoms with Crippen LogP contribution >= 0.6 is 0 Å². The van der Waals surface area contributed by atoms with Crippen molar-refractivity contribution < 1.29 is 58.4 Å². The summed E-state index contributed by atoms with van der Waals surface area (Å²) < 4.78 is 121. The van der Waals surface area contributed by atoms with E-state index >= 15 is 0 Å². The van der Waals surface area contributed by atoms with E-state index in [9.17, 15) is 48.9 Å². The zero-order valence-corrected chi connectivity index (χ0v) is 17.0. The molecule has 0 N–H and O–H groups in total. The normalized spacial score (nSPS) is 21.8. The molecule has 0 aromatic heterocycles. The number of carbonyl (C=O) groups excluding carboxylic acids is 2. The molecule has 0 spiro atoms. The first kappa shape index (κ1) is 26.5. The highest BCUT2D eigenvalue weighted by atomic mass is 32.2. The Morgan fingerprint density at radius 1 is 0.867 bits per heavy atom. The Hall–Kier alpha value is -1.57. The third kappa shape index (κ3) is 6.46. The number of halogens is 6. The highest BCUT2D eigenvalue weighted by Gasteiger charge is 2.75. The highest BCUT2D eigenvalue weighted by Crippen LogP contribution is 2.48. The van der Waals surface area contributed by atoms with Gasteiger partial charge in [0.25, 0.3) is 0 Å². The van der Waals surface area contributed by atoms with Gasteiger partial charge >= 0.3 is 29.9 Å². The number of hydrogen-bond acceptors (Lipinski definition) is 7. The minimum absolute atomic E-state index is 0.0560. The summed E-state index contributed by atoms with van der Waals surface area (Å²) in [7, 11) is -6.14. The van der Waals surface area contributed by atoms with Crippen molar-refractivity contribution in [2.75, 3.05) is 5.75 Å². The van der Waals surface area contributed by atoms with Crippen molar-refractivity contribution in [2.45, 2.75) is 70.0 Å². The fraction of sp³-hybridized carbons (Fsp3) is 0.875. The highest BCUT2D eigenvalue weighted by molar-refractivity contribution is 7.85. The lowest BCUT2D eigenvalue weighted by Gasteiger charge is -2.39. The van der Waals surface area contributed by atoms with Gasteiger partial charge in [-0.25, -0.2) is 8.42 Å². The van der Waals surface area contributed by atoms with Gasteiger partial charge in [-0.05, 0) is 33.6 Å². The lowest BCUT2D eigenvalue weighted by molar-refractivity contribution is -0.362. The summed E-state index contributed by atoms with van der Waals surface area (Å²) in [6.45, 7) is 4.41. The molecule has 1 aliphatic carbocycles. The number of alkyl halides is 6. The fourth-order valence-electron chi connectivity index (χ4n) is 3.04. The van der Waals surface area contributed by atoms with Crippen molar-refractivity contribution in [1.29, 1.82) is 0 Å². The van der Waals surface area contributed by atoms with Gasteiger partial charge in [0, 0.05) is 0 Å². The van der Waals surface area contributed by atoms with Crippen molar-refractivity contribution in [3.63, 3.8) is 0 Å². The Kier molecular flexibility index (Phi) is 7.51. The molecule has 176 valence electrons. The summed E-state index contributed by atoms with van der Waals surface area (Å²) in [4.78, 5) is 24.6. The van der Waals surface area contributed by atoms with Crippen LogP contribution in [-0.4, -0.2) is 54.2 Å². The summed E-state index contributed by atoms with van der Waals surface area (Å²) >= 11 is 0. The largest absolute Gasteiger partial charge is 0.748 e. The molecular weight excluding hydrogens is 450 g/mol. The molecule has 0 bridgehead atoms. The Balaban J connectivity index is 3.34. The zero-order chi connectivity index (χ0) is 23.8. The molecule has 0 heterocycles. The van der Waals surface area contributed by atoms with Gasteiger partial charge < -0.3 is 14.0 Å². The first-order valence-electron chi connectivity index (χ1n) is 8.73. The van der Waals surface area contributed by atoms with Crippen LogP contribution in [0.1, 0.15) is 46.5 Å². The van der Waals surface area contributed by atoms with Gasteiger partial charge in [0.05, 0.1) is 27.7 Å². The number of esters is 2. The number of hydrogen-bond donors (Lipinski definition) is 0. The molecule has 1 rings (SSSR count). The average Bonchev–Trinajstić information content (AvgIpc) is 2.49. The first-order valence-corrected chi connectivity index (χ1v) is 10.3. The summed E-state index contributed by atoms with van der Waals surface area (Å²) in [5.74, 6) is -9.28. The molecule has 1 aliphatic rings. The van der Waals surface area contributed by atoms with Gasteiger partial charge in [-0.3, -0.25) is 9.59 Å². The van der Waals surface area contributed by atoms with Crippen LogP contribution in [-0.2, 0) is 29.2 Å². The Morgan fingerprint density at radius 3 is 1.53 bits per heavy atom. The molecule has 0 aromatic rings. The average molecular weight is 471 g/mol. The van der Waals surface area contributed by atoms with Crippen LogP contribution in [0.3, 0.4) is 0 Å². The SMILES string of the molecule is CC(C)(C)OC(=O)C1CCCCC1C(=O)OC(CS(=O)(=O)[O-])(C(F)(F)F)C(F)(F)F. The van der Waals surface area contributed by atoms with Crippen LogP contribution < -0.4 is 0 Å². The van der Waals surface area contributed by atoms with Crippen molar-refractivity contribution >= 4 is 22.1 Å². The second-order valence-electron chi connectivity index (χ2n) is 7.98. The molecule has 2 atom stereocenters. The first-order chi connectivity index (χ1) is 13.2. The minimum atomic E-state index is -6.46. The van der Waals surface area contributed by atoms with Crippen LogP contribution in [0.25, 0.3) is 0 Å². The van der Waals surface area contributed by atoms with Crippen LogP contribution in [0.2, 0.25) is 0 Å². The van der Waals surface area contributed by atoms with Crippen molar-refractivity contribution in [3.8, 4) is 0 Å². The van der Waals surface area contributed by atoms with Crippen molar-refractivity contribution in [3.05, 3.63) is 0 Å². The van der Waals surface area contributed by atoms with E-state index in [0.29, 0.717) is 6.42 Å². The van der Waals surface area contributed by atoms with E-state index < -0.39 is 63.2 Å². The van der Waals surface area contributed by atoms with Crippen LogP contribution in [0.15, 0.2) is 0 Å². The molecule has 0 aromatic carbocycles. The molecule has 30 heavy (non-hydrogen) atoms. The maximum atomic E-state index is 13.3. The predicted octanol–water partition coefficient (Wildman–Crippen LogP) is 3.09. The molecule has 0 amide bonds. The molecule has 7 nitrogen and oxygen atoms in total. The van der Waals surface area contributed by atoms with Gasteiger partial charge in [-0.1, -0.05) is 12.8 Å². The molecule has 0 radical (unpaired) electrons. The molecule has 1 fully saturated rings. The van der Waals surface area contributed by atoms with Gasteiger partial charge in [-0.15, -0.1) is 0 Å². The van der Waals surface area contributed by atoms with Gasteiger partial charge in [0.15, 0.2) is 0 Å². The molecule has 1 saturated carbocycles. The second kappa shape index (κ2) is 8.52. The van der Waals surface area contributed by atoms with E-state index in [1.165, 1.54) is 20.8 Å². The van der Waals surface area contributed by atoms with E-state index in [0.717, 1.165) is 0 Å². The molecule has 0 aliphatic heterocycles. The van der Waals surface area contributed by atoms with Gasteiger partial charge in [0.2, 0.25) is 0 Å². The number of carbonyl (C=O) groups is 2. The van der Waals surface area contributed by atoms with Gasteiger partial charge in [0.1, 0.15) is 5.60 Å². The Morgan fingerprint density at radius 2 is 1.23 bits per heavy atom. The zero-order valence-electron chi connectivity index (χ0n) is 16.2. The summed E-state index contributed by atoms with van der Waals surface area (Å²) in [5, 5.41) is 0. The maximum Gasteiger partial charge on any atom is 0.438 e. The van der Waals surface area contributed by atoms with Crippen LogP contribution in [0.4, 0.5) is 26.3 Å². The Bertz CT molecular complexity index is 738. The van der Waals surface area contributed by atoms with E-state index in [-0.39, 0.29) is 19.3 Å². The predicted molar refractivity (Wildman–Crippen MR) is 86.8 cm³/mol. The maximum absolute atomic E-state index is 13.3. The smallest absolute Gasteiger partial charge is 0.438 e. The van der Waals surface area contributed by atoms with E-state index in [1.807, 2.05) is 0 Å². The van der Waals surface area contributed by atoms with E-state index in [1.54, 1.807) is 0 Å². The topological polar surface area (TPSA) is 110 Å². The van der Waals surface area contributed by atoms with Gasteiger partial charge in [-0.2, -0.15) is 26.3 Å². The van der Waals surface area contributed by atoms with E-state index in [2.05, 4.69) is 4.74 Å². The lowest BCUT2D eigenvalue weighted by Crippen LogP contribution is -2.64. The third-order valence-electron chi connectivity index (χ3n) is 4.35. The standard InChI is InChI=1S/C16H22F6O7S/c1-13(2,3)28-11(23)9-6-4-5-7-10(9)12(24)29-14(15(17,18)19,16(20,21)22)8-30(25,26)27/h9-10H,4-8H2,1-3H3,(H,25,26,27)/p-1. The number of rotatable bonds is 5. The van der Waals surface area contributed by atoms with Crippen molar-refractivity contribution in [1.82, 2.24) is 0 Å². The molecule has 2 unspecified atom stereocenters. The summed E-state index contributed by atoms with van der Waals surface area (Å²) in [6.07, 6.45) is -12.7. The molecule has 0 saturated heterocycles. The third-order valence-corrected chi connectivity index (χ3v) is 5.11. The number of ether oxygens (including phenoxy) is 2. The monoisotopic (exact) mass is 471 g/mol. The van der Waals surface area contributed by atoms with Crippen LogP contribution in [0.5, 0.6) is 0 Å². The fourth-order valence-corrected chi connectivity index (χ4v) is 3.92. The van der Waals surface area contributed by atoms with Crippen molar-refractivity contribution in [2.24, 2.45) is 11.8 Å². The van der Waals surface area contributed by atoms with E-state index in [4.69, 9.17) is 4.74 Å². The summed E-state index contributed by atoms with van der Waals surface area (Å²) in [6, 6.07) is 0. The lowest BCUT2D eigenvalue weighted by atomic mass is 9.79. The molecule has 14 heteroatoms. The Labute approximate surface area is 168 Å². The van der Waals surface area contributed by atoms with Crippen LogP contribution in [0, 0.1) is 11.8 Å². The minimum Gasteiger partial charge on any atom is -0.748 e. The summed E-state index contributed by atoms with van der Waals surface area (Å²) in [5.41, 5.74) is -6.60.